The molecule has 9 heteroatoms. The average molecular weight is 332 g/mol. The Hall–Kier alpha value is -1.22. The van der Waals surface area contributed by atoms with Gasteiger partial charge in [-0.2, -0.15) is 4.37 Å². The van der Waals surface area contributed by atoms with Gasteiger partial charge >= 0.3 is 6.03 Å². The predicted molar refractivity (Wildman–Crippen MR) is 82.4 cm³/mol. The number of nitrogens with zero attached hydrogens (tertiary/aromatic N) is 3. The largest absolute Gasteiger partial charge is 0.323 e. The number of carbonyl (C=O) groups excluding carboxylic acids is 1. The molecule has 21 heavy (non-hydrogen) atoms. The van der Waals surface area contributed by atoms with E-state index in [1.54, 1.807) is 7.05 Å². The second-order valence-corrected chi connectivity index (χ2v) is 9.25. The van der Waals surface area contributed by atoms with Crippen LogP contribution in [0.4, 0.5) is 9.93 Å². The van der Waals surface area contributed by atoms with Crippen molar-refractivity contribution < 1.29 is 13.2 Å². The predicted octanol–water partition coefficient (Wildman–Crippen LogP) is 1.49. The van der Waals surface area contributed by atoms with Crippen LogP contribution in [0.1, 0.15) is 33.0 Å². The van der Waals surface area contributed by atoms with Gasteiger partial charge in [0, 0.05) is 30.0 Å². The van der Waals surface area contributed by atoms with Gasteiger partial charge in [0.25, 0.3) is 0 Å². The van der Waals surface area contributed by atoms with Crippen LogP contribution in [0, 0.1) is 0 Å². The molecule has 0 spiro atoms. The second kappa shape index (κ2) is 5.53. The maximum absolute atomic E-state index is 12.1. The van der Waals surface area contributed by atoms with Crippen LogP contribution >= 0.6 is 11.5 Å². The van der Waals surface area contributed by atoms with E-state index in [0.29, 0.717) is 17.4 Å². The standard InChI is InChI=1S/C12H20N4O3S2/c1-12(2,3)9-13-10(20-15-9)14-11(17)16(4)8-5-6-21(18,19)7-8/h8H,5-7H2,1-4H3,(H,13,14,15,17). The van der Waals surface area contributed by atoms with Gasteiger partial charge in [0.2, 0.25) is 5.13 Å². The molecule has 1 unspecified atom stereocenters. The lowest BCUT2D eigenvalue weighted by Crippen LogP contribution is -2.40. The molecule has 0 saturated carbocycles. The van der Waals surface area contributed by atoms with Crippen LogP contribution in [-0.4, -0.2) is 53.3 Å². The van der Waals surface area contributed by atoms with E-state index >= 15 is 0 Å². The highest BCUT2D eigenvalue weighted by Crippen LogP contribution is 2.23. The van der Waals surface area contributed by atoms with Crippen LogP contribution in [0.5, 0.6) is 0 Å². The Labute approximate surface area is 128 Å². The lowest BCUT2D eigenvalue weighted by atomic mass is 9.96. The van der Waals surface area contributed by atoms with Crippen molar-refractivity contribution in [1.82, 2.24) is 14.3 Å². The minimum atomic E-state index is -3.01. The van der Waals surface area contributed by atoms with Crippen LogP contribution in [-0.2, 0) is 15.3 Å². The molecule has 0 aliphatic carbocycles. The molecule has 1 aliphatic heterocycles. The number of nitrogens with one attached hydrogen (secondary N) is 1. The van der Waals surface area contributed by atoms with Crippen molar-refractivity contribution in [3.05, 3.63) is 5.82 Å². The molecule has 1 saturated heterocycles. The summed E-state index contributed by atoms with van der Waals surface area (Å²) in [6.45, 7) is 5.99. The lowest BCUT2D eigenvalue weighted by Gasteiger charge is -2.22. The average Bonchev–Trinajstić information content (AvgIpc) is 2.94. The normalized spacial score (nSPS) is 21.2. The fraction of sp³-hybridized carbons (Fsp3) is 0.750. The van der Waals surface area contributed by atoms with Crippen LogP contribution < -0.4 is 5.32 Å². The van der Waals surface area contributed by atoms with Crippen molar-refractivity contribution in [3.63, 3.8) is 0 Å². The van der Waals surface area contributed by atoms with E-state index in [4.69, 9.17) is 0 Å². The Bertz CT molecular complexity index is 633. The van der Waals surface area contributed by atoms with Gasteiger partial charge in [0.1, 0.15) is 5.82 Å². The summed E-state index contributed by atoms with van der Waals surface area (Å²) in [5, 5.41) is 3.10. The van der Waals surface area contributed by atoms with Gasteiger partial charge in [-0.1, -0.05) is 20.8 Å². The third kappa shape index (κ3) is 3.91. The number of carbonyl (C=O) groups is 1. The third-order valence-electron chi connectivity index (χ3n) is 3.39. The molecular weight excluding hydrogens is 312 g/mol. The summed E-state index contributed by atoms with van der Waals surface area (Å²) in [4.78, 5) is 17.9. The first-order chi connectivity index (χ1) is 9.58. The summed E-state index contributed by atoms with van der Waals surface area (Å²) in [5.74, 6) is 0.844. The molecule has 7 nitrogen and oxygen atoms in total. The van der Waals surface area contributed by atoms with Crippen LogP contribution in [0.2, 0.25) is 0 Å². The molecule has 2 rings (SSSR count). The summed E-state index contributed by atoms with van der Waals surface area (Å²) in [5.41, 5.74) is -0.176. The first-order valence-electron chi connectivity index (χ1n) is 6.67. The van der Waals surface area contributed by atoms with E-state index in [0.717, 1.165) is 11.5 Å². The fourth-order valence-electron chi connectivity index (χ4n) is 2.01. The van der Waals surface area contributed by atoms with Crippen molar-refractivity contribution in [2.75, 3.05) is 23.9 Å². The van der Waals surface area contributed by atoms with Gasteiger partial charge < -0.3 is 4.90 Å². The highest BCUT2D eigenvalue weighted by Gasteiger charge is 2.33. The summed E-state index contributed by atoms with van der Waals surface area (Å²) in [7, 11) is -1.41. The van der Waals surface area contributed by atoms with Crippen molar-refractivity contribution in [1.29, 1.82) is 0 Å². The summed E-state index contributed by atoms with van der Waals surface area (Å²) < 4.78 is 27.1. The van der Waals surface area contributed by atoms with Gasteiger partial charge in [-0.25, -0.2) is 18.2 Å². The number of anilines is 1. The van der Waals surface area contributed by atoms with Crippen molar-refractivity contribution in [2.45, 2.75) is 38.6 Å². The number of rotatable bonds is 2. The van der Waals surface area contributed by atoms with Gasteiger partial charge in [0.05, 0.1) is 11.5 Å². The van der Waals surface area contributed by atoms with Gasteiger partial charge in [-0.15, -0.1) is 0 Å². The summed E-state index contributed by atoms with van der Waals surface area (Å²) in [6, 6.07) is -0.626. The first kappa shape index (κ1) is 16.2. The molecule has 0 bridgehead atoms. The van der Waals surface area contributed by atoms with E-state index < -0.39 is 9.84 Å². The third-order valence-corrected chi connectivity index (χ3v) is 5.77. The molecular formula is C12H20N4O3S2. The van der Waals surface area contributed by atoms with E-state index in [9.17, 15) is 13.2 Å². The molecule has 0 aromatic carbocycles. The molecule has 1 aromatic heterocycles. The number of hydrogen-bond acceptors (Lipinski definition) is 6. The molecule has 1 atom stereocenters. The second-order valence-electron chi connectivity index (χ2n) is 6.27. The lowest BCUT2D eigenvalue weighted by molar-refractivity contribution is 0.209. The SMILES string of the molecule is CN(C(=O)Nc1nc(C(C)(C)C)ns1)C1CCS(=O)(=O)C1. The van der Waals surface area contributed by atoms with Crippen LogP contribution in [0.3, 0.4) is 0 Å². The van der Waals surface area contributed by atoms with Gasteiger partial charge in [0.15, 0.2) is 9.84 Å². The zero-order valence-corrected chi connectivity index (χ0v) is 14.2. The Kier molecular flexibility index (Phi) is 4.25. The van der Waals surface area contributed by atoms with Crippen molar-refractivity contribution in [3.8, 4) is 0 Å². The molecule has 2 heterocycles. The van der Waals surface area contributed by atoms with Crippen LogP contribution in [0.25, 0.3) is 0 Å². The molecule has 1 aromatic rings. The van der Waals surface area contributed by atoms with Gasteiger partial charge in [-0.3, -0.25) is 5.32 Å². The zero-order chi connectivity index (χ0) is 15.8. The molecule has 2 amide bonds. The maximum Gasteiger partial charge on any atom is 0.323 e. The van der Waals surface area contributed by atoms with E-state index in [1.807, 2.05) is 20.8 Å². The zero-order valence-electron chi connectivity index (χ0n) is 12.6. The van der Waals surface area contributed by atoms with Crippen molar-refractivity contribution >= 4 is 32.5 Å². The summed E-state index contributed by atoms with van der Waals surface area (Å²) >= 11 is 1.13. The Morgan fingerprint density at radius 2 is 2.10 bits per heavy atom. The minimum absolute atomic E-state index is 0.0281. The van der Waals surface area contributed by atoms with E-state index in [-0.39, 0.29) is 29.0 Å². The molecule has 1 fully saturated rings. The highest BCUT2D eigenvalue weighted by molar-refractivity contribution is 7.91. The van der Waals surface area contributed by atoms with Crippen molar-refractivity contribution in [2.24, 2.45) is 0 Å². The number of urea groups is 1. The minimum Gasteiger partial charge on any atom is -0.323 e. The summed E-state index contributed by atoms with van der Waals surface area (Å²) in [6.07, 6.45) is 0.482. The number of aromatic nitrogens is 2. The molecule has 1 N–H and O–H groups in total. The van der Waals surface area contributed by atoms with Gasteiger partial charge in [-0.05, 0) is 6.42 Å². The topological polar surface area (TPSA) is 92.3 Å². The Balaban J connectivity index is 2.00. The van der Waals surface area contributed by atoms with E-state index in [2.05, 4.69) is 14.7 Å². The highest BCUT2D eigenvalue weighted by atomic mass is 32.2. The molecule has 118 valence electrons. The molecule has 0 radical (unpaired) electrons. The Morgan fingerprint density at radius 3 is 2.57 bits per heavy atom. The van der Waals surface area contributed by atoms with Crippen LogP contribution in [0.15, 0.2) is 0 Å². The van der Waals surface area contributed by atoms with E-state index in [1.165, 1.54) is 4.90 Å². The smallest absolute Gasteiger partial charge is 0.323 e. The number of amides is 2. The molecule has 1 aliphatic rings. The number of sulfone groups is 1. The maximum atomic E-state index is 12.1. The number of hydrogen-bond donors (Lipinski definition) is 1. The quantitative estimate of drug-likeness (QED) is 0.886. The monoisotopic (exact) mass is 332 g/mol. The fourth-order valence-corrected chi connectivity index (χ4v) is 4.53. The Morgan fingerprint density at radius 1 is 1.43 bits per heavy atom. The first-order valence-corrected chi connectivity index (χ1v) is 9.26.